The van der Waals surface area contributed by atoms with Gasteiger partial charge in [0.15, 0.2) is 6.10 Å². The van der Waals surface area contributed by atoms with E-state index in [1.807, 2.05) is 24.3 Å². The summed E-state index contributed by atoms with van der Waals surface area (Å²) in [4.78, 5) is 26.9. The monoisotopic (exact) mass is 379 g/mol. The Labute approximate surface area is 164 Å². The van der Waals surface area contributed by atoms with Crippen LogP contribution in [0.3, 0.4) is 0 Å². The highest BCUT2D eigenvalue weighted by Crippen LogP contribution is 2.29. The van der Waals surface area contributed by atoms with Crippen molar-refractivity contribution >= 4 is 17.5 Å². The van der Waals surface area contributed by atoms with E-state index in [0.29, 0.717) is 18.0 Å². The Bertz CT molecular complexity index is 844. The molecule has 146 valence electrons. The molecule has 6 heteroatoms. The van der Waals surface area contributed by atoms with Gasteiger partial charge in [-0.25, -0.2) is 0 Å². The molecule has 6 nitrogen and oxygen atoms in total. The molecular formula is C22H25N3O3. The van der Waals surface area contributed by atoms with E-state index in [-0.39, 0.29) is 18.2 Å². The smallest absolute Gasteiger partial charge is 0.266 e. The first-order valence-corrected chi connectivity index (χ1v) is 9.81. The Hall–Kier alpha value is -2.86. The Morgan fingerprint density at radius 2 is 1.79 bits per heavy atom. The van der Waals surface area contributed by atoms with Crippen LogP contribution in [-0.4, -0.2) is 35.9 Å². The number of rotatable bonds is 6. The summed E-state index contributed by atoms with van der Waals surface area (Å²) in [5, 5.41) is 5.65. The summed E-state index contributed by atoms with van der Waals surface area (Å²) < 4.78 is 5.67. The number of ether oxygens (including phenoxy) is 1. The number of likely N-dealkylation sites (tertiary alicyclic amines) is 1. The maximum Gasteiger partial charge on any atom is 0.266 e. The number of anilines is 1. The molecule has 2 aliphatic heterocycles. The SMILES string of the molecule is O=C(C[C@@H]1Oc2ccccc2NC1=O)NCc1ccc(CN2CCCC2)cc1. The highest BCUT2D eigenvalue weighted by atomic mass is 16.5. The van der Waals surface area contributed by atoms with Crippen LogP contribution in [0.2, 0.25) is 0 Å². The first-order chi connectivity index (χ1) is 13.7. The third-order valence-electron chi connectivity index (χ3n) is 5.19. The molecule has 1 fully saturated rings. The van der Waals surface area contributed by atoms with Gasteiger partial charge in [0, 0.05) is 13.1 Å². The van der Waals surface area contributed by atoms with Gasteiger partial charge >= 0.3 is 0 Å². The molecule has 0 saturated carbocycles. The van der Waals surface area contributed by atoms with Crippen LogP contribution >= 0.6 is 0 Å². The lowest BCUT2D eigenvalue weighted by Crippen LogP contribution is -2.40. The topological polar surface area (TPSA) is 70.7 Å². The lowest BCUT2D eigenvalue weighted by Gasteiger charge is -2.25. The summed E-state index contributed by atoms with van der Waals surface area (Å²) in [6.07, 6.45) is 1.77. The zero-order valence-corrected chi connectivity index (χ0v) is 15.8. The average Bonchev–Trinajstić information content (AvgIpc) is 3.21. The molecule has 2 N–H and O–H groups in total. The Morgan fingerprint density at radius 1 is 1.07 bits per heavy atom. The minimum Gasteiger partial charge on any atom is -0.478 e. The van der Waals surface area contributed by atoms with Crippen molar-refractivity contribution in [3.63, 3.8) is 0 Å². The van der Waals surface area contributed by atoms with E-state index in [9.17, 15) is 9.59 Å². The van der Waals surface area contributed by atoms with Gasteiger partial charge in [0.25, 0.3) is 5.91 Å². The fourth-order valence-corrected chi connectivity index (χ4v) is 3.63. The third kappa shape index (κ3) is 4.51. The van der Waals surface area contributed by atoms with Crippen LogP contribution in [0.4, 0.5) is 5.69 Å². The van der Waals surface area contributed by atoms with Gasteiger partial charge in [-0.1, -0.05) is 36.4 Å². The zero-order chi connectivity index (χ0) is 19.3. The fourth-order valence-electron chi connectivity index (χ4n) is 3.63. The van der Waals surface area contributed by atoms with Gasteiger partial charge in [-0.3, -0.25) is 14.5 Å². The summed E-state index contributed by atoms with van der Waals surface area (Å²) >= 11 is 0. The van der Waals surface area contributed by atoms with E-state index in [1.54, 1.807) is 12.1 Å². The van der Waals surface area contributed by atoms with Crippen LogP contribution in [-0.2, 0) is 22.7 Å². The van der Waals surface area contributed by atoms with E-state index < -0.39 is 6.10 Å². The van der Waals surface area contributed by atoms with E-state index in [4.69, 9.17) is 4.74 Å². The van der Waals surface area contributed by atoms with Gasteiger partial charge < -0.3 is 15.4 Å². The van der Waals surface area contributed by atoms with Gasteiger partial charge in [0.2, 0.25) is 5.91 Å². The lowest BCUT2D eigenvalue weighted by molar-refractivity contribution is -0.130. The quantitative estimate of drug-likeness (QED) is 0.810. The van der Waals surface area contributed by atoms with Gasteiger partial charge in [-0.15, -0.1) is 0 Å². The van der Waals surface area contributed by atoms with Crippen molar-refractivity contribution in [2.45, 2.75) is 38.5 Å². The molecule has 2 aromatic carbocycles. The van der Waals surface area contributed by atoms with Crippen molar-refractivity contribution in [1.82, 2.24) is 10.2 Å². The summed E-state index contributed by atoms with van der Waals surface area (Å²) in [5.41, 5.74) is 2.97. The van der Waals surface area contributed by atoms with E-state index >= 15 is 0 Å². The molecule has 4 rings (SSSR count). The standard InChI is InChI=1S/C22H25N3O3/c26-21(13-20-22(27)24-18-5-1-2-6-19(18)28-20)23-14-16-7-9-17(10-8-16)15-25-11-3-4-12-25/h1-2,5-10,20H,3-4,11-15H2,(H,23,26)(H,24,27)/t20-/m0/s1. The van der Waals surface area contributed by atoms with Crippen LogP contribution in [0.15, 0.2) is 48.5 Å². The highest BCUT2D eigenvalue weighted by Gasteiger charge is 2.29. The normalized spacial score (nSPS) is 18.9. The lowest BCUT2D eigenvalue weighted by atomic mass is 10.1. The predicted molar refractivity (Wildman–Crippen MR) is 107 cm³/mol. The maximum absolute atomic E-state index is 12.3. The molecule has 0 radical (unpaired) electrons. The van der Waals surface area contributed by atoms with Crippen molar-refractivity contribution in [2.24, 2.45) is 0 Å². The van der Waals surface area contributed by atoms with E-state index in [2.05, 4.69) is 27.7 Å². The number of amides is 2. The molecule has 0 aromatic heterocycles. The van der Waals surface area contributed by atoms with Crippen LogP contribution in [0.25, 0.3) is 0 Å². The van der Waals surface area contributed by atoms with Crippen LogP contribution in [0, 0.1) is 0 Å². The zero-order valence-electron chi connectivity index (χ0n) is 15.8. The minimum atomic E-state index is -0.808. The number of fused-ring (bicyclic) bond motifs is 1. The molecular weight excluding hydrogens is 354 g/mol. The number of carbonyl (C=O) groups excluding carboxylic acids is 2. The molecule has 2 amide bonds. The molecule has 1 atom stereocenters. The van der Waals surface area contributed by atoms with Gasteiger partial charge in [0.1, 0.15) is 5.75 Å². The van der Waals surface area contributed by atoms with Crippen molar-refractivity contribution in [3.8, 4) is 5.75 Å². The van der Waals surface area contributed by atoms with Crippen molar-refractivity contribution in [1.29, 1.82) is 0 Å². The summed E-state index contributed by atoms with van der Waals surface area (Å²) in [6.45, 7) is 3.79. The first-order valence-electron chi connectivity index (χ1n) is 9.81. The Morgan fingerprint density at radius 3 is 2.57 bits per heavy atom. The van der Waals surface area contributed by atoms with Crippen LogP contribution in [0.1, 0.15) is 30.4 Å². The molecule has 2 heterocycles. The van der Waals surface area contributed by atoms with Gasteiger partial charge in [-0.05, 0) is 49.2 Å². The third-order valence-corrected chi connectivity index (χ3v) is 5.19. The number of nitrogens with zero attached hydrogens (tertiary/aromatic N) is 1. The molecule has 0 unspecified atom stereocenters. The van der Waals surface area contributed by atoms with Crippen molar-refractivity contribution in [2.75, 3.05) is 18.4 Å². The second kappa shape index (κ2) is 8.44. The van der Waals surface area contributed by atoms with Gasteiger partial charge in [-0.2, -0.15) is 0 Å². The largest absolute Gasteiger partial charge is 0.478 e. The summed E-state index contributed by atoms with van der Waals surface area (Å²) in [6, 6.07) is 15.5. The molecule has 2 aromatic rings. The summed E-state index contributed by atoms with van der Waals surface area (Å²) in [7, 11) is 0. The Kier molecular flexibility index (Phi) is 5.58. The van der Waals surface area contributed by atoms with E-state index in [0.717, 1.165) is 12.1 Å². The number of benzene rings is 2. The molecule has 2 aliphatic rings. The number of nitrogens with one attached hydrogen (secondary N) is 2. The van der Waals surface area contributed by atoms with Crippen molar-refractivity contribution < 1.29 is 14.3 Å². The molecule has 28 heavy (non-hydrogen) atoms. The van der Waals surface area contributed by atoms with Crippen LogP contribution < -0.4 is 15.4 Å². The fraction of sp³-hybridized carbons (Fsp3) is 0.364. The van der Waals surface area contributed by atoms with E-state index in [1.165, 1.54) is 31.5 Å². The molecule has 0 aliphatic carbocycles. The first kappa shape index (κ1) is 18.5. The van der Waals surface area contributed by atoms with Crippen LogP contribution in [0.5, 0.6) is 5.75 Å². The Balaban J connectivity index is 1.26. The average molecular weight is 379 g/mol. The molecule has 0 bridgehead atoms. The maximum atomic E-state index is 12.3. The second-order valence-corrected chi connectivity index (χ2v) is 7.37. The van der Waals surface area contributed by atoms with Crippen molar-refractivity contribution in [3.05, 3.63) is 59.7 Å². The number of hydrogen-bond acceptors (Lipinski definition) is 4. The number of carbonyl (C=O) groups is 2. The summed E-state index contributed by atoms with van der Waals surface area (Å²) in [5.74, 6) is 0.0919. The highest BCUT2D eigenvalue weighted by molar-refractivity contribution is 5.99. The molecule has 1 saturated heterocycles. The number of hydrogen-bond donors (Lipinski definition) is 2. The molecule has 0 spiro atoms. The second-order valence-electron chi connectivity index (χ2n) is 7.37. The minimum absolute atomic E-state index is 0.00673. The predicted octanol–water partition coefficient (Wildman–Crippen LogP) is 2.69. The van der Waals surface area contributed by atoms with Gasteiger partial charge in [0.05, 0.1) is 12.1 Å². The number of para-hydroxylation sites is 2.